The maximum atomic E-state index is 12.2. The fourth-order valence-corrected chi connectivity index (χ4v) is 1.70. The van der Waals surface area contributed by atoms with Crippen molar-refractivity contribution in [2.45, 2.75) is 32.8 Å². The molecule has 0 unspecified atom stereocenters. The number of methoxy groups -OCH3 is 1. The summed E-state index contributed by atoms with van der Waals surface area (Å²) in [5.74, 6) is 0.139. The number of carbonyl (C=O) groups is 1. The molecule has 0 aliphatic rings. The number of hydrogen-bond donors (Lipinski definition) is 1. The molecule has 1 amide bonds. The number of carbonyl (C=O) groups excluding carboxylic acids is 1. The minimum atomic E-state index is -0.485. The van der Waals surface area contributed by atoms with Crippen molar-refractivity contribution in [2.24, 2.45) is 0 Å². The molecule has 0 heterocycles. The first-order valence-electron chi connectivity index (χ1n) is 6.04. The van der Waals surface area contributed by atoms with Crippen LogP contribution in [0.25, 0.3) is 0 Å². The number of nitrogens with zero attached hydrogens (tertiary/aromatic N) is 1. The SMILES string of the molecule is CCN(C(=O)CC(C)(C)OC)c1cccc(O)c1. The lowest BCUT2D eigenvalue weighted by molar-refractivity contribution is -0.123. The van der Waals surface area contributed by atoms with E-state index >= 15 is 0 Å². The van der Waals surface area contributed by atoms with Crippen LogP contribution in [0, 0.1) is 0 Å². The van der Waals surface area contributed by atoms with Gasteiger partial charge in [-0.3, -0.25) is 4.79 Å². The molecule has 0 saturated carbocycles. The van der Waals surface area contributed by atoms with Crippen LogP contribution in [0.4, 0.5) is 5.69 Å². The van der Waals surface area contributed by atoms with Gasteiger partial charge in [-0.05, 0) is 32.9 Å². The van der Waals surface area contributed by atoms with E-state index in [2.05, 4.69) is 0 Å². The maximum Gasteiger partial charge on any atom is 0.229 e. The van der Waals surface area contributed by atoms with Crippen LogP contribution in [-0.2, 0) is 9.53 Å². The highest BCUT2D eigenvalue weighted by Gasteiger charge is 2.25. The standard InChI is InChI=1S/C14H21NO3/c1-5-15(11-7-6-8-12(16)9-11)13(17)10-14(2,3)18-4/h6-9,16H,5,10H2,1-4H3. The molecule has 100 valence electrons. The van der Waals surface area contributed by atoms with Crippen LogP contribution in [0.3, 0.4) is 0 Å². The minimum Gasteiger partial charge on any atom is -0.508 e. The number of benzene rings is 1. The van der Waals surface area contributed by atoms with Gasteiger partial charge < -0.3 is 14.7 Å². The number of hydrogen-bond acceptors (Lipinski definition) is 3. The third-order valence-corrected chi connectivity index (χ3v) is 2.89. The summed E-state index contributed by atoms with van der Waals surface area (Å²) in [6.45, 7) is 6.21. The highest BCUT2D eigenvalue weighted by Crippen LogP contribution is 2.23. The zero-order valence-corrected chi connectivity index (χ0v) is 11.4. The van der Waals surface area contributed by atoms with Gasteiger partial charge in [0.25, 0.3) is 0 Å². The molecule has 0 spiro atoms. The van der Waals surface area contributed by atoms with Gasteiger partial charge in [0.05, 0.1) is 12.0 Å². The maximum absolute atomic E-state index is 12.2. The first-order chi connectivity index (χ1) is 8.39. The van der Waals surface area contributed by atoms with Gasteiger partial charge in [0.2, 0.25) is 5.91 Å². The predicted octanol–water partition coefficient (Wildman–Crippen LogP) is 2.56. The Morgan fingerprint density at radius 1 is 1.44 bits per heavy atom. The molecule has 0 aliphatic carbocycles. The zero-order chi connectivity index (χ0) is 13.8. The Balaban J connectivity index is 2.87. The number of phenolic OH excluding ortho intramolecular Hbond substituents is 1. The third-order valence-electron chi connectivity index (χ3n) is 2.89. The molecule has 1 N–H and O–H groups in total. The highest BCUT2D eigenvalue weighted by atomic mass is 16.5. The monoisotopic (exact) mass is 251 g/mol. The van der Waals surface area contributed by atoms with E-state index < -0.39 is 5.60 Å². The van der Waals surface area contributed by atoms with E-state index in [0.717, 1.165) is 0 Å². The van der Waals surface area contributed by atoms with E-state index in [-0.39, 0.29) is 11.7 Å². The van der Waals surface area contributed by atoms with E-state index in [1.165, 1.54) is 0 Å². The average molecular weight is 251 g/mol. The van der Waals surface area contributed by atoms with E-state index in [4.69, 9.17) is 4.74 Å². The lowest BCUT2D eigenvalue weighted by Crippen LogP contribution is -2.37. The van der Waals surface area contributed by atoms with Gasteiger partial charge in [-0.2, -0.15) is 0 Å². The van der Waals surface area contributed by atoms with E-state index in [9.17, 15) is 9.90 Å². The van der Waals surface area contributed by atoms with Gasteiger partial charge in [0.15, 0.2) is 0 Å². The van der Waals surface area contributed by atoms with Crippen molar-refractivity contribution < 1.29 is 14.6 Å². The summed E-state index contributed by atoms with van der Waals surface area (Å²) < 4.78 is 5.27. The Morgan fingerprint density at radius 3 is 2.61 bits per heavy atom. The molecule has 0 aromatic heterocycles. The second-order valence-electron chi connectivity index (χ2n) is 4.80. The molecule has 0 fully saturated rings. The van der Waals surface area contributed by atoms with Crippen molar-refractivity contribution >= 4 is 11.6 Å². The summed E-state index contributed by atoms with van der Waals surface area (Å²) in [6, 6.07) is 6.70. The summed E-state index contributed by atoms with van der Waals surface area (Å²) in [4.78, 5) is 13.9. The van der Waals surface area contributed by atoms with Crippen molar-refractivity contribution in [3.8, 4) is 5.75 Å². The second kappa shape index (κ2) is 5.87. The van der Waals surface area contributed by atoms with Crippen LogP contribution in [0.15, 0.2) is 24.3 Å². The highest BCUT2D eigenvalue weighted by molar-refractivity contribution is 5.94. The Labute approximate surface area is 108 Å². The quantitative estimate of drug-likeness (QED) is 0.875. The average Bonchev–Trinajstić information content (AvgIpc) is 2.29. The predicted molar refractivity (Wildman–Crippen MR) is 71.8 cm³/mol. The molecule has 1 rings (SSSR count). The Kier molecular flexibility index (Phi) is 4.73. The van der Waals surface area contributed by atoms with Gasteiger partial charge >= 0.3 is 0 Å². The molecule has 0 aliphatic heterocycles. The summed E-state index contributed by atoms with van der Waals surface area (Å²) >= 11 is 0. The van der Waals surface area contributed by atoms with Crippen LogP contribution >= 0.6 is 0 Å². The fourth-order valence-electron chi connectivity index (χ4n) is 1.70. The van der Waals surface area contributed by atoms with E-state index in [1.54, 1.807) is 36.3 Å². The largest absolute Gasteiger partial charge is 0.508 e. The molecular formula is C14H21NO3. The molecule has 1 aromatic rings. The first-order valence-corrected chi connectivity index (χ1v) is 6.04. The van der Waals surface area contributed by atoms with Crippen molar-refractivity contribution in [1.29, 1.82) is 0 Å². The lowest BCUT2D eigenvalue weighted by atomic mass is 10.0. The molecule has 0 saturated heterocycles. The van der Waals surface area contributed by atoms with E-state index in [1.807, 2.05) is 20.8 Å². The summed E-state index contributed by atoms with van der Waals surface area (Å²) in [6.07, 6.45) is 0.299. The first kappa shape index (κ1) is 14.5. The number of amides is 1. The minimum absolute atomic E-state index is 0.0186. The lowest BCUT2D eigenvalue weighted by Gasteiger charge is -2.27. The second-order valence-corrected chi connectivity index (χ2v) is 4.80. The number of ether oxygens (including phenoxy) is 1. The smallest absolute Gasteiger partial charge is 0.229 e. The molecular weight excluding hydrogens is 230 g/mol. The molecule has 0 atom stereocenters. The van der Waals surface area contributed by atoms with Gasteiger partial charge in [0, 0.05) is 25.4 Å². The van der Waals surface area contributed by atoms with Crippen LogP contribution in [0.2, 0.25) is 0 Å². The molecule has 0 radical (unpaired) electrons. The molecule has 1 aromatic carbocycles. The fraction of sp³-hybridized carbons (Fsp3) is 0.500. The molecule has 4 heteroatoms. The number of rotatable bonds is 5. The Hall–Kier alpha value is -1.55. The molecule has 0 bridgehead atoms. The number of anilines is 1. The van der Waals surface area contributed by atoms with Crippen LogP contribution in [-0.4, -0.2) is 30.3 Å². The van der Waals surface area contributed by atoms with Gasteiger partial charge in [-0.15, -0.1) is 0 Å². The van der Waals surface area contributed by atoms with Gasteiger partial charge in [-0.25, -0.2) is 0 Å². The molecule has 18 heavy (non-hydrogen) atoms. The summed E-state index contributed by atoms with van der Waals surface area (Å²) in [5.41, 5.74) is 0.218. The molecule has 4 nitrogen and oxygen atoms in total. The summed E-state index contributed by atoms with van der Waals surface area (Å²) in [5, 5.41) is 9.46. The van der Waals surface area contributed by atoms with E-state index in [0.29, 0.717) is 18.7 Å². The van der Waals surface area contributed by atoms with Crippen LogP contribution in [0.5, 0.6) is 5.75 Å². The number of phenols is 1. The topological polar surface area (TPSA) is 49.8 Å². The van der Waals surface area contributed by atoms with Gasteiger partial charge in [-0.1, -0.05) is 6.07 Å². The Bertz CT molecular complexity index is 415. The van der Waals surface area contributed by atoms with Gasteiger partial charge in [0.1, 0.15) is 5.75 Å². The van der Waals surface area contributed by atoms with Crippen molar-refractivity contribution in [1.82, 2.24) is 0 Å². The van der Waals surface area contributed by atoms with Crippen LogP contribution in [0.1, 0.15) is 27.2 Å². The number of aromatic hydroxyl groups is 1. The third kappa shape index (κ3) is 3.74. The van der Waals surface area contributed by atoms with Crippen molar-refractivity contribution in [2.75, 3.05) is 18.6 Å². The van der Waals surface area contributed by atoms with Crippen LogP contribution < -0.4 is 4.90 Å². The van der Waals surface area contributed by atoms with Crippen molar-refractivity contribution in [3.63, 3.8) is 0 Å². The Morgan fingerprint density at radius 2 is 2.11 bits per heavy atom. The summed E-state index contributed by atoms with van der Waals surface area (Å²) in [7, 11) is 1.60. The normalized spacial score (nSPS) is 11.3. The van der Waals surface area contributed by atoms with Crippen molar-refractivity contribution in [3.05, 3.63) is 24.3 Å². The zero-order valence-electron chi connectivity index (χ0n) is 11.4.